The smallest absolute Gasteiger partial charge is 0.274 e. The molecule has 1 N–H and O–H groups in total. The van der Waals surface area contributed by atoms with Crippen LogP contribution in [0.5, 0.6) is 5.75 Å². The molecule has 0 saturated carbocycles. The molecule has 1 aromatic heterocycles. The van der Waals surface area contributed by atoms with Crippen molar-refractivity contribution in [2.75, 3.05) is 24.4 Å². The van der Waals surface area contributed by atoms with Gasteiger partial charge >= 0.3 is 0 Å². The second kappa shape index (κ2) is 8.27. The molecule has 0 radical (unpaired) electrons. The summed E-state index contributed by atoms with van der Waals surface area (Å²) in [4.78, 5) is 23.5. The molecule has 0 spiro atoms. The standard InChI is InChI=1S/C21H21ClN4O2/c1-13-10-17(19(28-4)11-16(13)22)25-21(27)18-12-20(24-14(2)23-18)26(3)15-8-6-5-7-9-15/h5-12H,1-4H3,(H,25,27). The molecule has 1 amide bonds. The number of aromatic nitrogens is 2. The molecule has 0 aliphatic carbocycles. The Labute approximate surface area is 169 Å². The van der Waals surface area contributed by atoms with Crippen LogP contribution in [-0.2, 0) is 0 Å². The minimum Gasteiger partial charge on any atom is -0.495 e. The van der Waals surface area contributed by atoms with E-state index in [1.165, 1.54) is 7.11 Å². The maximum atomic E-state index is 12.8. The summed E-state index contributed by atoms with van der Waals surface area (Å²) in [6, 6.07) is 14.9. The summed E-state index contributed by atoms with van der Waals surface area (Å²) in [5.41, 5.74) is 2.59. The van der Waals surface area contributed by atoms with Gasteiger partial charge in [0.2, 0.25) is 0 Å². The highest BCUT2D eigenvalue weighted by Crippen LogP contribution is 2.31. The van der Waals surface area contributed by atoms with E-state index in [9.17, 15) is 4.79 Å². The van der Waals surface area contributed by atoms with Crippen LogP contribution in [0.3, 0.4) is 0 Å². The minimum absolute atomic E-state index is 0.264. The van der Waals surface area contributed by atoms with Gasteiger partial charge in [-0.15, -0.1) is 0 Å². The van der Waals surface area contributed by atoms with E-state index in [1.54, 1.807) is 25.1 Å². The highest BCUT2D eigenvalue weighted by atomic mass is 35.5. The summed E-state index contributed by atoms with van der Waals surface area (Å²) >= 11 is 6.13. The number of benzene rings is 2. The van der Waals surface area contributed by atoms with Crippen molar-refractivity contribution in [3.63, 3.8) is 0 Å². The average molecular weight is 397 g/mol. The summed E-state index contributed by atoms with van der Waals surface area (Å²) in [5, 5.41) is 3.42. The Morgan fingerprint density at radius 1 is 1.11 bits per heavy atom. The Bertz CT molecular complexity index is 1010. The van der Waals surface area contributed by atoms with E-state index in [1.807, 2.05) is 49.2 Å². The van der Waals surface area contributed by atoms with E-state index in [0.29, 0.717) is 28.1 Å². The SMILES string of the molecule is COc1cc(Cl)c(C)cc1NC(=O)c1cc(N(C)c2ccccc2)nc(C)n1. The molecule has 0 unspecified atom stereocenters. The number of carbonyl (C=O) groups is 1. The van der Waals surface area contributed by atoms with Crippen molar-refractivity contribution >= 4 is 34.7 Å². The fourth-order valence-electron chi connectivity index (χ4n) is 2.74. The van der Waals surface area contributed by atoms with Crippen molar-refractivity contribution < 1.29 is 9.53 Å². The Hall–Kier alpha value is -3.12. The molecule has 28 heavy (non-hydrogen) atoms. The zero-order valence-corrected chi connectivity index (χ0v) is 16.9. The molecule has 3 aromatic rings. The summed E-state index contributed by atoms with van der Waals surface area (Å²) < 4.78 is 5.32. The molecular formula is C21H21ClN4O2. The van der Waals surface area contributed by atoms with E-state index in [2.05, 4.69) is 15.3 Å². The first-order valence-corrected chi connectivity index (χ1v) is 9.07. The van der Waals surface area contributed by atoms with Gasteiger partial charge in [0.15, 0.2) is 0 Å². The Morgan fingerprint density at radius 3 is 2.50 bits per heavy atom. The fraction of sp³-hybridized carbons (Fsp3) is 0.190. The van der Waals surface area contributed by atoms with Gasteiger partial charge in [0.05, 0.1) is 12.8 Å². The van der Waals surface area contributed by atoms with Gasteiger partial charge in [-0.2, -0.15) is 0 Å². The van der Waals surface area contributed by atoms with Crippen LogP contribution in [0, 0.1) is 13.8 Å². The highest BCUT2D eigenvalue weighted by Gasteiger charge is 2.16. The number of rotatable bonds is 5. The first-order chi connectivity index (χ1) is 13.4. The summed E-state index contributed by atoms with van der Waals surface area (Å²) in [6.07, 6.45) is 0. The zero-order valence-electron chi connectivity index (χ0n) is 16.2. The van der Waals surface area contributed by atoms with Gasteiger partial charge in [0.1, 0.15) is 23.1 Å². The van der Waals surface area contributed by atoms with E-state index >= 15 is 0 Å². The third-order valence-corrected chi connectivity index (χ3v) is 4.68. The van der Waals surface area contributed by atoms with Gasteiger partial charge in [-0.05, 0) is 37.6 Å². The van der Waals surface area contributed by atoms with Crippen molar-refractivity contribution in [3.8, 4) is 5.75 Å². The van der Waals surface area contributed by atoms with Gasteiger partial charge < -0.3 is 15.0 Å². The molecule has 6 nitrogen and oxygen atoms in total. The first-order valence-electron chi connectivity index (χ1n) is 8.69. The minimum atomic E-state index is -0.353. The number of hydrogen-bond acceptors (Lipinski definition) is 5. The number of hydrogen-bond donors (Lipinski definition) is 1. The number of halogens is 1. The number of ether oxygens (including phenoxy) is 1. The Morgan fingerprint density at radius 2 is 1.82 bits per heavy atom. The molecule has 1 heterocycles. The van der Waals surface area contributed by atoms with Crippen molar-refractivity contribution in [2.24, 2.45) is 0 Å². The molecular weight excluding hydrogens is 376 g/mol. The number of anilines is 3. The van der Waals surface area contributed by atoms with Crippen LogP contribution < -0.4 is 15.0 Å². The second-order valence-electron chi connectivity index (χ2n) is 6.31. The number of amides is 1. The average Bonchev–Trinajstić information content (AvgIpc) is 2.70. The molecule has 0 fully saturated rings. The number of para-hydroxylation sites is 1. The Balaban J connectivity index is 1.91. The van der Waals surface area contributed by atoms with Crippen LogP contribution in [0.2, 0.25) is 5.02 Å². The maximum Gasteiger partial charge on any atom is 0.274 e. The Kier molecular flexibility index (Phi) is 5.80. The number of carbonyl (C=O) groups excluding carboxylic acids is 1. The third kappa shape index (κ3) is 4.23. The third-order valence-electron chi connectivity index (χ3n) is 4.27. The van der Waals surface area contributed by atoms with Crippen LogP contribution in [0.15, 0.2) is 48.5 Å². The lowest BCUT2D eigenvalue weighted by Crippen LogP contribution is -2.18. The number of methoxy groups -OCH3 is 1. The molecule has 0 atom stereocenters. The molecule has 7 heteroatoms. The van der Waals surface area contributed by atoms with Crippen LogP contribution in [0.1, 0.15) is 21.9 Å². The van der Waals surface area contributed by atoms with Gasteiger partial charge in [-0.25, -0.2) is 9.97 Å². The lowest BCUT2D eigenvalue weighted by atomic mass is 10.2. The lowest BCUT2D eigenvalue weighted by Gasteiger charge is -2.19. The summed E-state index contributed by atoms with van der Waals surface area (Å²) in [6.45, 7) is 3.62. The normalized spacial score (nSPS) is 10.5. The van der Waals surface area contributed by atoms with Gasteiger partial charge in [-0.1, -0.05) is 29.8 Å². The van der Waals surface area contributed by atoms with Gasteiger partial charge in [-0.3, -0.25) is 4.79 Å². The predicted octanol–water partition coefficient (Wildman–Crippen LogP) is 4.78. The van der Waals surface area contributed by atoms with Crippen LogP contribution in [0.25, 0.3) is 0 Å². The molecule has 0 bridgehead atoms. The monoisotopic (exact) mass is 396 g/mol. The van der Waals surface area contributed by atoms with E-state index in [-0.39, 0.29) is 11.6 Å². The van der Waals surface area contributed by atoms with Crippen LogP contribution in [-0.4, -0.2) is 30.0 Å². The summed E-state index contributed by atoms with van der Waals surface area (Å²) in [7, 11) is 3.42. The lowest BCUT2D eigenvalue weighted by molar-refractivity contribution is 0.102. The predicted molar refractivity (Wildman–Crippen MR) is 112 cm³/mol. The maximum absolute atomic E-state index is 12.8. The quantitative estimate of drug-likeness (QED) is 0.672. The van der Waals surface area contributed by atoms with Gasteiger partial charge in [0, 0.05) is 29.9 Å². The number of nitrogens with zero attached hydrogens (tertiary/aromatic N) is 3. The molecule has 0 aliphatic heterocycles. The number of nitrogens with one attached hydrogen (secondary N) is 1. The zero-order chi connectivity index (χ0) is 20.3. The van der Waals surface area contributed by atoms with Crippen molar-refractivity contribution in [2.45, 2.75) is 13.8 Å². The molecule has 0 aliphatic rings. The molecule has 0 saturated heterocycles. The van der Waals surface area contributed by atoms with E-state index in [4.69, 9.17) is 16.3 Å². The largest absolute Gasteiger partial charge is 0.495 e. The van der Waals surface area contributed by atoms with E-state index in [0.717, 1.165) is 11.3 Å². The second-order valence-corrected chi connectivity index (χ2v) is 6.72. The summed E-state index contributed by atoms with van der Waals surface area (Å²) in [5.74, 6) is 1.26. The van der Waals surface area contributed by atoms with Crippen molar-refractivity contribution in [1.29, 1.82) is 0 Å². The number of aryl methyl sites for hydroxylation is 2. The molecule has 144 valence electrons. The van der Waals surface area contributed by atoms with Gasteiger partial charge in [0.25, 0.3) is 5.91 Å². The van der Waals surface area contributed by atoms with E-state index < -0.39 is 0 Å². The molecule has 3 rings (SSSR count). The van der Waals surface area contributed by atoms with Crippen molar-refractivity contribution in [3.05, 3.63) is 70.6 Å². The highest BCUT2D eigenvalue weighted by molar-refractivity contribution is 6.31. The molecule has 2 aromatic carbocycles. The topological polar surface area (TPSA) is 67.3 Å². The van der Waals surface area contributed by atoms with Crippen LogP contribution >= 0.6 is 11.6 Å². The van der Waals surface area contributed by atoms with Crippen molar-refractivity contribution in [1.82, 2.24) is 9.97 Å². The first kappa shape index (κ1) is 19.6. The van der Waals surface area contributed by atoms with Crippen LogP contribution in [0.4, 0.5) is 17.2 Å². The fourth-order valence-corrected chi connectivity index (χ4v) is 2.89.